The molecule has 3 N–H and O–H groups in total. The minimum Gasteiger partial charge on any atom is -0.395 e. The fourth-order valence-electron chi connectivity index (χ4n) is 1.31. The van der Waals surface area contributed by atoms with E-state index < -0.39 is 0 Å². The summed E-state index contributed by atoms with van der Waals surface area (Å²) in [5, 5.41) is 16.8. The van der Waals surface area contributed by atoms with E-state index in [2.05, 4.69) is 5.16 Å². The molecule has 1 saturated heterocycles. The summed E-state index contributed by atoms with van der Waals surface area (Å²) in [6.07, 6.45) is 0. The predicted molar refractivity (Wildman–Crippen MR) is 61.3 cm³/mol. The van der Waals surface area contributed by atoms with Crippen LogP contribution in [0, 0.1) is 5.41 Å². The van der Waals surface area contributed by atoms with Crippen LogP contribution in [0.1, 0.15) is 5.56 Å². The minimum absolute atomic E-state index is 0.0425. The van der Waals surface area contributed by atoms with Gasteiger partial charge in [-0.3, -0.25) is 0 Å². The highest BCUT2D eigenvalue weighted by Crippen LogP contribution is 2.26. The smallest absolute Gasteiger partial charge is 0.171 e. The number of hydrogen-bond donors (Lipinski definition) is 2. The Bertz CT molecular complexity index is 355. The Hall–Kier alpha value is -1.11. The van der Waals surface area contributed by atoms with Crippen LogP contribution in [0.5, 0.6) is 0 Å². The van der Waals surface area contributed by atoms with Gasteiger partial charge >= 0.3 is 0 Å². The van der Waals surface area contributed by atoms with Crippen molar-refractivity contribution >= 4 is 17.2 Å². The topological polar surface area (TPSA) is 77.1 Å². The van der Waals surface area contributed by atoms with Crippen molar-refractivity contribution in [2.45, 2.75) is 0 Å². The van der Waals surface area contributed by atoms with Crippen molar-refractivity contribution in [3.63, 3.8) is 0 Å². The molecular weight excluding hydrogens is 228 g/mol. The van der Waals surface area contributed by atoms with E-state index in [-0.39, 0.29) is 12.0 Å². The normalized spacial score (nSPS) is 19.2. The second kappa shape index (κ2) is 4.82. The molecule has 2 heterocycles. The summed E-state index contributed by atoms with van der Waals surface area (Å²) in [6.45, 7) is 1.39. The molecule has 1 fully saturated rings. The van der Waals surface area contributed by atoms with Gasteiger partial charge in [0.05, 0.1) is 25.2 Å². The number of nitrogens with two attached hydrogens (primary N) is 1. The molecule has 1 aliphatic rings. The van der Waals surface area contributed by atoms with Gasteiger partial charge in [0.15, 0.2) is 5.84 Å². The van der Waals surface area contributed by atoms with Crippen molar-refractivity contribution in [2.75, 3.05) is 26.4 Å². The first-order valence-corrected chi connectivity index (χ1v) is 5.87. The van der Waals surface area contributed by atoms with Gasteiger partial charge in [-0.15, -0.1) is 0 Å². The molecule has 88 valence electrons. The second-order valence-corrected chi connectivity index (χ2v) is 4.69. The molecule has 5 nitrogen and oxygen atoms in total. The van der Waals surface area contributed by atoms with Gasteiger partial charge in [0.25, 0.3) is 0 Å². The van der Waals surface area contributed by atoms with Gasteiger partial charge in [-0.2, -0.15) is 11.3 Å². The van der Waals surface area contributed by atoms with Crippen molar-refractivity contribution in [3.8, 4) is 0 Å². The number of aliphatic hydroxyl groups is 1. The molecule has 16 heavy (non-hydrogen) atoms. The lowest BCUT2D eigenvalue weighted by Gasteiger charge is -2.38. The number of nitrogens with zero attached hydrogens (tertiary/aromatic N) is 1. The highest BCUT2D eigenvalue weighted by Gasteiger charge is 2.39. The van der Waals surface area contributed by atoms with E-state index in [4.69, 9.17) is 20.4 Å². The monoisotopic (exact) mass is 242 g/mol. The van der Waals surface area contributed by atoms with Gasteiger partial charge in [-0.05, 0) is 11.4 Å². The van der Waals surface area contributed by atoms with Crippen LogP contribution in [-0.4, -0.2) is 37.4 Å². The summed E-state index contributed by atoms with van der Waals surface area (Å²) >= 11 is 1.55. The maximum absolute atomic E-state index is 9.15. The average Bonchev–Trinajstić information content (AvgIpc) is 2.75. The molecule has 6 heteroatoms. The third-order valence-electron chi connectivity index (χ3n) is 2.50. The van der Waals surface area contributed by atoms with E-state index in [1.807, 2.05) is 16.8 Å². The number of amidine groups is 1. The molecule has 0 saturated carbocycles. The summed E-state index contributed by atoms with van der Waals surface area (Å²) < 4.78 is 5.04. The fraction of sp³-hybridized carbons (Fsp3) is 0.500. The van der Waals surface area contributed by atoms with Crippen molar-refractivity contribution in [1.29, 1.82) is 0 Å². The highest BCUT2D eigenvalue weighted by atomic mass is 32.1. The van der Waals surface area contributed by atoms with Gasteiger partial charge in [0, 0.05) is 10.9 Å². The third-order valence-corrected chi connectivity index (χ3v) is 3.19. The van der Waals surface area contributed by atoms with Gasteiger partial charge in [0.2, 0.25) is 0 Å². The lowest BCUT2D eigenvalue weighted by atomic mass is 9.88. The highest BCUT2D eigenvalue weighted by molar-refractivity contribution is 7.08. The number of ether oxygens (including phenoxy) is 1. The molecule has 0 spiro atoms. The third kappa shape index (κ3) is 2.34. The number of hydrogen-bond acceptors (Lipinski definition) is 5. The van der Waals surface area contributed by atoms with E-state index in [9.17, 15) is 0 Å². The van der Waals surface area contributed by atoms with Crippen LogP contribution < -0.4 is 5.73 Å². The second-order valence-electron chi connectivity index (χ2n) is 3.91. The van der Waals surface area contributed by atoms with E-state index in [0.717, 1.165) is 5.56 Å². The maximum atomic E-state index is 9.15. The fourth-order valence-corrected chi connectivity index (χ4v) is 1.96. The Labute approximate surface area is 97.5 Å². The minimum atomic E-state index is -0.293. The average molecular weight is 242 g/mol. The van der Waals surface area contributed by atoms with Crippen LogP contribution in [-0.2, 0) is 9.57 Å². The van der Waals surface area contributed by atoms with Crippen molar-refractivity contribution in [1.82, 2.24) is 0 Å². The molecule has 2 rings (SSSR count). The SMILES string of the molecule is N/C(=N/OCC1(CO)COC1)c1ccsc1. The largest absolute Gasteiger partial charge is 0.395 e. The molecular formula is C10H14N2O3S. The predicted octanol–water partition coefficient (Wildman–Crippen LogP) is 0.394. The molecule has 0 atom stereocenters. The van der Waals surface area contributed by atoms with Crippen molar-refractivity contribution in [3.05, 3.63) is 22.4 Å². The van der Waals surface area contributed by atoms with Gasteiger partial charge in [-0.1, -0.05) is 5.16 Å². The summed E-state index contributed by atoms with van der Waals surface area (Å²) in [5.74, 6) is 0.356. The molecule has 0 bridgehead atoms. The van der Waals surface area contributed by atoms with Crippen LogP contribution in [0.3, 0.4) is 0 Å². The first-order valence-electron chi connectivity index (χ1n) is 4.92. The summed E-state index contributed by atoms with van der Waals surface area (Å²) in [5.41, 5.74) is 6.27. The molecule has 0 amide bonds. The number of rotatable bonds is 5. The van der Waals surface area contributed by atoms with Crippen molar-refractivity contribution < 1.29 is 14.7 Å². The molecule has 0 unspecified atom stereocenters. The first kappa shape index (κ1) is 11.4. The van der Waals surface area contributed by atoms with Crippen LogP contribution >= 0.6 is 11.3 Å². The zero-order chi connectivity index (χ0) is 11.4. The quantitative estimate of drug-likeness (QED) is 0.445. The van der Waals surface area contributed by atoms with E-state index >= 15 is 0 Å². The lowest BCUT2D eigenvalue weighted by Crippen LogP contribution is -2.48. The summed E-state index contributed by atoms with van der Waals surface area (Å²) in [6, 6.07) is 1.88. The molecule has 0 aromatic carbocycles. The van der Waals surface area contributed by atoms with Gasteiger partial charge in [-0.25, -0.2) is 0 Å². The maximum Gasteiger partial charge on any atom is 0.171 e. The Kier molecular flexibility index (Phi) is 3.42. The van der Waals surface area contributed by atoms with Crippen LogP contribution in [0.25, 0.3) is 0 Å². The Balaban J connectivity index is 1.85. The van der Waals surface area contributed by atoms with Crippen LogP contribution in [0.2, 0.25) is 0 Å². The number of thiophene rings is 1. The van der Waals surface area contributed by atoms with Crippen molar-refractivity contribution in [2.24, 2.45) is 16.3 Å². The zero-order valence-electron chi connectivity index (χ0n) is 8.76. The Morgan fingerprint density at radius 1 is 1.69 bits per heavy atom. The number of aliphatic hydroxyl groups excluding tert-OH is 1. The molecule has 1 aromatic heterocycles. The van der Waals surface area contributed by atoms with Crippen LogP contribution in [0.15, 0.2) is 22.0 Å². The standard InChI is InChI=1S/C10H14N2O3S/c11-9(8-1-2-16-3-8)12-15-7-10(4-13)5-14-6-10/h1-3,13H,4-7H2,(H2,11,12). The first-order chi connectivity index (χ1) is 7.76. The molecule has 1 aromatic rings. The summed E-state index contributed by atoms with van der Waals surface area (Å²) in [7, 11) is 0. The van der Waals surface area contributed by atoms with Gasteiger partial charge in [0.1, 0.15) is 6.61 Å². The van der Waals surface area contributed by atoms with Crippen LogP contribution in [0.4, 0.5) is 0 Å². The molecule has 0 aliphatic carbocycles. The van der Waals surface area contributed by atoms with E-state index in [1.165, 1.54) is 0 Å². The molecule has 1 aliphatic heterocycles. The molecule has 0 radical (unpaired) electrons. The Morgan fingerprint density at radius 2 is 2.50 bits per heavy atom. The van der Waals surface area contributed by atoms with E-state index in [1.54, 1.807) is 11.3 Å². The van der Waals surface area contributed by atoms with E-state index in [0.29, 0.717) is 25.7 Å². The lowest BCUT2D eigenvalue weighted by molar-refractivity contribution is -0.168. The Morgan fingerprint density at radius 3 is 3.00 bits per heavy atom. The number of oxime groups is 1. The summed E-state index contributed by atoms with van der Waals surface area (Å²) in [4.78, 5) is 5.14. The zero-order valence-corrected chi connectivity index (χ0v) is 9.57. The van der Waals surface area contributed by atoms with Gasteiger partial charge < -0.3 is 20.4 Å².